The molecule has 0 bridgehead atoms. The van der Waals surface area contributed by atoms with Crippen molar-refractivity contribution in [2.24, 2.45) is 5.92 Å². The van der Waals surface area contributed by atoms with Gasteiger partial charge in [-0.05, 0) is 67.8 Å². The summed E-state index contributed by atoms with van der Waals surface area (Å²) in [5, 5.41) is 3.05. The van der Waals surface area contributed by atoms with Gasteiger partial charge in [0.25, 0.3) is 5.91 Å². The fourth-order valence-corrected chi connectivity index (χ4v) is 4.08. The minimum Gasteiger partial charge on any atom is -0.484 e. The molecule has 0 spiro atoms. The first-order valence-corrected chi connectivity index (χ1v) is 10.7. The van der Waals surface area contributed by atoms with Crippen LogP contribution in [0.4, 0.5) is 0 Å². The Morgan fingerprint density at radius 1 is 1.11 bits per heavy atom. The zero-order valence-corrected chi connectivity index (χ0v) is 17.7. The van der Waals surface area contributed by atoms with E-state index in [1.165, 1.54) is 5.56 Å². The van der Waals surface area contributed by atoms with Gasteiger partial charge >= 0.3 is 0 Å². The molecular weight excluding hydrogens is 352 g/mol. The lowest BCUT2D eigenvalue weighted by atomic mass is 9.87. The Bertz CT molecular complexity index is 610. The Kier molecular flexibility index (Phi) is 7.36. The molecule has 2 aliphatic rings. The molecule has 0 radical (unpaired) electrons. The molecule has 3 rings (SSSR count). The van der Waals surface area contributed by atoms with E-state index < -0.39 is 0 Å². The highest BCUT2D eigenvalue weighted by Crippen LogP contribution is 2.24. The standard InChI is InChI=1S/C23H36N2O3/c1-23(2,3)19-4-6-21(7-5-19)28-17-22(26)24-16-18-8-12-25(13-9-18)20-10-14-27-15-11-20/h4-7,18,20H,8-17H2,1-3H3,(H,24,26). The molecule has 0 atom stereocenters. The van der Waals surface area contributed by atoms with Crippen molar-refractivity contribution in [2.45, 2.75) is 57.9 Å². The molecule has 2 fully saturated rings. The van der Waals surface area contributed by atoms with Crippen LogP contribution in [0.15, 0.2) is 24.3 Å². The molecule has 2 heterocycles. The maximum Gasteiger partial charge on any atom is 0.257 e. The Labute approximate surface area is 169 Å². The van der Waals surface area contributed by atoms with Gasteiger partial charge in [0.15, 0.2) is 6.61 Å². The van der Waals surface area contributed by atoms with Gasteiger partial charge in [-0.2, -0.15) is 0 Å². The first kappa shape index (κ1) is 21.1. The van der Waals surface area contributed by atoms with Crippen LogP contribution in [-0.4, -0.2) is 56.3 Å². The smallest absolute Gasteiger partial charge is 0.257 e. The van der Waals surface area contributed by atoms with Gasteiger partial charge in [-0.15, -0.1) is 0 Å². The lowest BCUT2D eigenvalue weighted by Gasteiger charge is -2.39. The molecule has 2 saturated heterocycles. The van der Waals surface area contributed by atoms with Crippen molar-refractivity contribution in [2.75, 3.05) is 39.5 Å². The zero-order chi connectivity index (χ0) is 20.0. The Hall–Kier alpha value is -1.59. The molecule has 28 heavy (non-hydrogen) atoms. The summed E-state index contributed by atoms with van der Waals surface area (Å²) in [6.07, 6.45) is 4.64. The first-order chi connectivity index (χ1) is 13.4. The molecule has 0 aliphatic carbocycles. The van der Waals surface area contributed by atoms with Gasteiger partial charge in [-0.25, -0.2) is 0 Å². The molecule has 1 N–H and O–H groups in total. The molecule has 1 aromatic carbocycles. The van der Waals surface area contributed by atoms with Crippen LogP contribution in [0.3, 0.4) is 0 Å². The van der Waals surface area contributed by atoms with E-state index in [2.05, 4.69) is 43.1 Å². The number of ether oxygens (including phenoxy) is 2. The average molecular weight is 389 g/mol. The van der Waals surface area contributed by atoms with Crippen molar-refractivity contribution in [1.29, 1.82) is 0 Å². The zero-order valence-electron chi connectivity index (χ0n) is 17.7. The van der Waals surface area contributed by atoms with Gasteiger partial charge in [0.1, 0.15) is 5.75 Å². The minimum atomic E-state index is -0.0354. The number of carbonyl (C=O) groups excluding carboxylic acids is 1. The monoisotopic (exact) mass is 388 g/mol. The summed E-state index contributed by atoms with van der Waals surface area (Å²) >= 11 is 0. The van der Waals surface area contributed by atoms with E-state index in [4.69, 9.17) is 9.47 Å². The summed E-state index contributed by atoms with van der Waals surface area (Å²) in [6.45, 7) is 11.5. The number of nitrogens with zero attached hydrogens (tertiary/aromatic N) is 1. The number of rotatable bonds is 6. The molecule has 0 saturated carbocycles. The van der Waals surface area contributed by atoms with Gasteiger partial charge in [-0.1, -0.05) is 32.9 Å². The minimum absolute atomic E-state index is 0.0354. The molecule has 2 aliphatic heterocycles. The van der Waals surface area contributed by atoms with Crippen LogP contribution < -0.4 is 10.1 Å². The van der Waals surface area contributed by atoms with Crippen molar-refractivity contribution in [1.82, 2.24) is 10.2 Å². The number of hydrogen-bond donors (Lipinski definition) is 1. The third-order valence-corrected chi connectivity index (χ3v) is 6.03. The molecule has 156 valence electrons. The molecule has 0 unspecified atom stereocenters. The van der Waals surface area contributed by atoms with Crippen LogP contribution in [-0.2, 0) is 14.9 Å². The third kappa shape index (κ3) is 6.21. The topological polar surface area (TPSA) is 50.8 Å². The SMILES string of the molecule is CC(C)(C)c1ccc(OCC(=O)NCC2CCN(C3CCOCC3)CC2)cc1. The van der Waals surface area contributed by atoms with E-state index in [1.54, 1.807) is 0 Å². The van der Waals surface area contributed by atoms with Crippen LogP contribution in [0, 0.1) is 5.92 Å². The fraction of sp³-hybridized carbons (Fsp3) is 0.696. The highest BCUT2D eigenvalue weighted by molar-refractivity contribution is 5.77. The van der Waals surface area contributed by atoms with Gasteiger partial charge in [0.05, 0.1) is 0 Å². The van der Waals surface area contributed by atoms with Crippen molar-refractivity contribution in [3.8, 4) is 5.75 Å². The van der Waals surface area contributed by atoms with E-state index in [1.807, 2.05) is 12.1 Å². The molecule has 5 heteroatoms. The number of amides is 1. The summed E-state index contributed by atoms with van der Waals surface area (Å²) in [4.78, 5) is 14.8. The summed E-state index contributed by atoms with van der Waals surface area (Å²) < 4.78 is 11.1. The summed E-state index contributed by atoms with van der Waals surface area (Å²) in [6, 6.07) is 8.72. The van der Waals surface area contributed by atoms with E-state index in [0.717, 1.165) is 64.3 Å². The van der Waals surface area contributed by atoms with Gasteiger partial charge in [0.2, 0.25) is 0 Å². The van der Waals surface area contributed by atoms with Crippen LogP contribution >= 0.6 is 0 Å². The number of benzene rings is 1. The molecule has 5 nitrogen and oxygen atoms in total. The number of piperidine rings is 1. The quantitative estimate of drug-likeness (QED) is 0.812. The van der Waals surface area contributed by atoms with Crippen LogP contribution in [0.25, 0.3) is 0 Å². The number of nitrogens with one attached hydrogen (secondary N) is 1. The second-order valence-electron chi connectivity index (χ2n) is 9.19. The normalized spacial score (nSPS) is 20.1. The Balaban J connectivity index is 1.32. The predicted molar refractivity (Wildman–Crippen MR) is 112 cm³/mol. The van der Waals surface area contributed by atoms with Gasteiger partial charge in [0, 0.05) is 25.8 Å². The van der Waals surface area contributed by atoms with Crippen LogP contribution in [0.2, 0.25) is 0 Å². The molecule has 0 aromatic heterocycles. The predicted octanol–water partition coefficient (Wildman–Crippen LogP) is 3.37. The lowest BCUT2D eigenvalue weighted by molar-refractivity contribution is -0.123. The van der Waals surface area contributed by atoms with Crippen LogP contribution in [0.5, 0.6) is 5.75 Å². The summed E-state index contributed by atoms with van der Waals surface area (Å²) in [5.41, 5.74) is 1.38. The highest BCUT2D eigenvalue weighted by Gasteiger charge is 2.26. The Morgan fingerprint density at radius 3 is 2.36 bits per heavy atom. The number of likely N-dealkylation sites (tertiary alicyclic amines) is 1. The summed E-state index contributed by atoms with van der Waals surface area (Å²) in [7, 11) is 0. The van der Waals surface area contributed by atoms with Crippen molar-refractivity contribution < 1.29 is 14.3 Å². The van der Waals surface area contributed by atoms with E-state index >= 15 is 0 Å². The third-order valence-electron chi connectivity index (χ3n) is 6.03. The number of hydrogen-bond acceptors (Lipinski definition) is 4. The highest BCUT2D eigenvalue weighted by atomic mass is 16.5. The second-order valence-corrected chi connectivity index (χ2v) is 9.19. The number of carbonyl (C=O) groups is 1. The van der Waals surface area contributed by atoms with Crippen molar-refractivity contribution >= 4 is 5.91 Å². The lowest BCUT2D eigenvalue weighted by Crippen LogP contribution is -2.46. The van der Waals surface area contributed by atoms with E-state index in [9.17, 15) is 4.79 Å². The first-order valence-electron chi connectivity index (χ1n) is 10.7. The molecule has 1 amide bonds. The fourth-order valence-electron chi connectivity index (χ4n) is 4.08. The summed E-state index contributed by atoms with van der Waals surface area (Å²) in [5.74, 6) is 1.28. The average Bonchev–Trinajstić information content (AvgIpc) is 2.71. The largest absolute Gasteiger partial charge is 0.484 e. The van der Waals surface area contributed by atoms with Crippen molar-refractivity contribution in [3.63, 3.8) is 0 Å². The van der Waals surface area contributed by atoms with Gasteiger partial charge < -0.3 is 19.7 Å². The maximum absolute atomic E-state index is 12.1. The van der Waals surface area contributed by atoms with Gasteiger partial charge in [-0.3, -0.25) is 4.79 Å². The van der Waals surface area contributed by atoms with E-state index in [-0.39, 0.29) is 17.9 Å². The van der Waals surface area contributed by atoms with Crippen LogP contribution in [0.1, 0.15) is 52.0 Å². The van der Waals surface area contributed by atoms with E-state index in [0.29, 0.717) is 12.0 Å². The van der Waals surface area contributed by atoms with Crippen molar-refractivity contribution in [3.05, 3.63) is 29.8 Å². The maximum atomic E-state index is 12.1. The second kappa shape index (κ2) is 9.75. The molecular formula is C23H36N2O3. The molecule has 1 aromatic rings. The Morgan fingerprint density at radius 2 is 1.75 bits per heavy atom.